The third kappa shape index (κ3) is 3.47. The highest BCUT2D eigenvalue weighted by Crippen LogP contribution is 2.27. The Hall–Kier alpha value is -0.0500. The van der Waals surface area contributed by atoms with Crippen LogP contribution in [0.3, 0.4) is 0 Å². The summed E-state index contributed by atoms with van der Waals surface area (Å²) in [4.78, 5) is 0.537. The molecule has 88 valence electrons. The molecule has 0 amide bonds. The molecule has 1 aliphatic heterocycles. The number of hydrogen-bond acceptors (Lipinski definition) is 1. The Morgan fingerprint density at radius 2 is 2.12 bits per heavy atom. The molecule has 2 rings (SSSR count). The van der Waals surface area contributed by atoms with Crippen LogP contribution in [-0.2, 0) is 11.2 Å². The fourth-order valence-electron chi connectivity index (χ4n) is 2.13. The lowest BCUT2D eigenvalue weighted by molar-refractivity contribution is 0.0662. The van der Waals surface area contributed by atoms with Gasteiger partial charge < -0.3 is 4.74 Å². The van der Waals surface area contributed by atoms with E-state index >= 15 is 0 Å². The van der Waals surface area contributed by atoms with Crippen LogP contribution in [0, 0.1) is 5.92 Å². The average Bonchev–Trinajstić information content (AvgIpc) is 2.30. The van der Waals surface area contributed by atoms with Gasteiger partial charge in [-0.3, -0.25) is 0 Å². The summed E-state index contributed by atoms with van der Waals surface area (Å²) in [5, 5.41) is 0.823. The van der Waals surface area contributed by atoms with Crippen molar-refractivity contribution < 1.29 is 4.74 Å². The summed E-state index contributed by atoms with van der Waals surface area (Å²) >= 11 is 9.78. The Kier molecular flexibility index (Phi) is 4.68. The molecule has 1 aliphatic rings. The number of ether oxygens (including phenoxy) is 1. The normalized spacial score (nSPS) is 19.6. The molecule has 0 spiro atoms. The maximum atomic E-state index is 5.98. The van der Waals surface area contributed by atoms with Crippen molar-refractivity contribution in [1.29, 1.82) is 0 Å². The summed E-state index contributed by atoms with van der Waals surface area (Å²) in [5.41, 5.74) is 1.31. The van der Waals surface area contributed by atoms with Gasteiger partial charge in [0.15, 0.2) is 0 Å². The molecule has 1 unspecified atom stereocenters. The van der Waals surface area contributed by atoms with E-state index in [0.29, 0.717) is 4.83 Å². The zero-order chi connectivity index (χ0) is 11.4. The summed E-state index contributed by atoms with van der Waals surface area (Å²) in [7, 11) is 0. The molecular weight excluding hydrogens is 287 g/mol. The van der Waals surface area contributed by atoms with Crippen molar-refractivity contribution in [3.63, 3.8) is 0 Å². The highest BCUT2D eigenvalue weighted by Gasteiger charge is 2.21. The van der Waals surface area contributed by atoms with Crippen molar-refractivity contribution in [2.45, 2.75) is 24.1 Å². The minimum Gasteiger partial charge on any atom is -0.381 e. The Morgan fingerprint density at radius 1 is 1.38 bits per heavy atom. The van der Waals surface area contributed by atoms with Gasteiger partial charge in [0.2, 0.25) is 0 Å². The molecule has 0 aliphatic carbocycles. The first-order chi connectivity index (χ1) is 7.75. The van der Waals surface area contributed by atoms with Gasteiger partial charge in [0.05, 0.1) is 0 Å². The number of rotatable bonds is 3. The van der Waals surface area contributed by atoms with Gasteiger partial charge in [0.1, 0.15) is 0 Å². The second-order valence-corrected chi connectivity index (χ2v) is 5.91. The van der Waals surface area contributed by atoms with Gasteiger partial charge in [0, 0.05) is 23.1 Å². The van der Waals surface area contributed by atoms with Crippen molar-refractivity contribution in [2.75, 3.05) is 13.2 Å². The van der Waals surface area contributed by atoms with Crippen molar-refractivity contribution in [3.05, 3.63) is 34.9 Å². The molecular formula is C13H16BrClO. The van der Waals surface area contributed by atoms with Gasteiger partial charge >= 0.3 is 0 Å². The van der Waals surface area contributed by atoms with E-state index in [1.807, 2.05) is 12.1 Å². The smallest absolute Gasteiger partial charge is 0.0469 e. The van der Waals surface area contributed by atoms with Crippen molar-refractivity contribution in [3.8, 4) is 0 Å². The lowest BCUT2D eigenvalue weighted by Gasteiger charge is -2.26. The van der Waals surface area contributed by atoms with Gasteiger partial charge in [-0.25, -0.2) is 0 Å². The molecule has 3 heteroatoms. The lowest BCUT2D eigenvalue weighted by Crippen LogP contribution is -2.24. The second-order valence-electron chi connectivity index (χ2n) is 4.30. The number of halogens is 2. The molecule has 0 bridgehead atoms. The first-order valence-electron chi connectivity index (χ1n) is 5.72. The minimum absolute atomic E-state index is 0.537. The third-order valence-electron chi connectivity index (χ3n) is 3.10. The molecule has 1 heterocycles. The van der Waals surface area contributed by atoms with Crippen LogP contribution in [0.15, 0.2) is 24.3 Å². The molecule has 0 aromatic heterocycles. The van der Waals surface area contributed by atoms with E-state index in [2.05, 4.69) is 28.1 Å². The summed E-state index contributed by atoms with van der Waals surface area (Å²) in [5.74, 6) is 0.729. The van der Waals surface area contributed by atoms with Crippen LogP contribution in [0.4, 0.5) is 0 Å². The van der Waals surface area contributed by atoms with Crippen molar-refractivity contribution >= 4 is 27.5 Å². The summed E-state index contributed by atoms with van der Waals surface area (Å²) in [6.45, 7) is 1.81. The first-order valence-corrected chi connectivity index (χ1v) is 7.01. The Morgan fingerprint density at radius 3 is 2.81 bits per heavy atom. The molecule has 0 N–H and O–H groups in total. The molecule has 1 fully saturated rings. The van der Waals surface area contributed by atoms with Crippen LogP contribution in [0.25, 0.3) is 0 Å². The SMILES string of the molecule is Clc1cccc(CC(Br)C2CCOCC2)c1. The fourth-order valence-corrected chi connectivity index (χ4v) is 3.25. The van der Waals surface area contributed by atoms with Crippen molar-refractivity contribution in [2.24, 2.45) is 5.92 Å². The van der Waals surface area contributed by atoms with Crippen molar-refractivity contribution in [1.82, 2.24) is 0 Å². The van der Waals surface area contributed by atoms with E-state index < -0.39 is 0 Å². The van der Waals surface area contributed by atoms with E-state index in [1.54, 1.807) is 0 Å². The largest absolute Gasteiger partial charge is 0.381 e. The molecule has 1 aromatic carbocycles. The summed E-state index contributed by atoms with van der Waals surface area (Å²) in [6, 6.07) is 8.12. The van der Waals surface area contributed by atoms with Crippen LogP contribution in [0.1, 0.15) is 18.4 Å². The van der Waals surface area contributed by atoms with Crippen LogP contribution < -0.4 is 0 Å². The monoisotopic (exact) mass is 302 g/mol. The van der Waals surface area contributed by atoms with E-state index in [1.165, 1.54) is 5.56 Å². The van der Waals surface area contributed by atoms with Crippen LogP contribution >= 0.6 is 27.5 Å². The topological polar surface area (TPSA) is 9.23 Å². The van der Waals surface area contributed by atoms with Gasteiger partial charge in [-0.15, -0.1) is 0 Å². The lowest BCUT2D eigenvalue weighted by atomic mass is 9.93. The summed E-state index contributed by atoms with van der Waals surface area (Å²) < 4.78 is 5.38. The van der Waals surface area contributed by atoms with Crippen LogP contribution in [-0.4, -0.2) is 18.0 Å². The molecule has 16 heavy (non-hydrogen) atoms. The zero-order valence-corrected chi connectivity index (χ0v) is 11.5. The predicted octanol–water partition coefficient (Wildman–Crippen LogP) is 4.07. The van der Waals surface area contributed by atoms with E-state index in [0.717, 1.165) is 43.4 Å². The molecule has 1 nitrogen and oxygen atoms in total. The Labute approximate surface area is 110 Å². The number of alkyl halides is 1. The van der Waals surface area contributed by atoms with Gasteiger partial charge in [-0.1, -0.05) is 39.7 Å². The molecule has 0 saturated carbocycles. The summed E-state index contributed by atoms with van der Waals surface area (Å²) in [6.07, 6.45) is 3.37. The molecule has 1 saturated heterocycles. The Balaban J connectivity index is 1.93. The van der Waals surface area contributed by atoms with Gasteiger partial charge in [-0.2, -0.15) is 0 Å². The quantitative estimate of drug-likeness (QED) is 0.765. The maximum absolute atomic E-state index is 5.98. The standard InChI is InChI=1S/C13H16BrClO/c14-13(11-4-6-16-7-5-11)9-10-2-1-3-12(15)8-10/h1-3,8,11,13H,4-7,9H2. The molecule has 1 atom stereocenters. The highest BCUT2D eigenvalue weighted by atomic mass is 79.9. The van der Waals surface area contributed by atoms with Crippen LogP contribution in [0.2, 0.25) is 5.02 Å². The van der Waals surface area contributed by atoms with Gasteiger partial charge in [-0.05, 0) is 42.9 Å². The van der Waals surface area contributed by atoms with E-state index in [9.17, 15) is 0 Å². The number of hydrogen-bond donors (Lipinski definition) is 0. The van der Waals surface area contributed by atoms with E-state index in [-0.39, 0.29) is 0 Å². The molecule has 1 aromatic rings. The molecule has 0 radical (unpaired) electrons. The highest BCUT2D eigenvalue weighted by molar-refractivity contribution is 9.09. The van der Waals surface area contributed by atoms with E-state index in [4.69, 9.17) is 16.3 Å². The maximum Gasteiger partial charge on any atom is 0.0469 e. The minimum atomic E-state index is 0.537. The van der Waals surface area contributed by atoms with Gasteiger partial charge in [0.25, 0.3) is 0 Å². The average molecular weight is 304 g/mol. The Bertz CT molecular complexity index is 336. The second kappa shape index (κ2) is 6.04. The van der Waals surface area contributed by atoms with Crippen LogP contribution in [0.5, 0.6) is 0 Å². The number of benzene rings is 1. The third-order valence-corrected chi connectivity index (χ3v) is 4.40. The zero-order valence-electron chi connectivity index (χ0n) is 9.16. The predicted molar refractivity (Wildman–Crippen MR) is 71.4 cm³/mol. The fraction of sp³-hybridized carbons (Fsp3) is 0.538. The first kappa shape index (κ1) is 12.4.